The zero-order chi connectivity index (χ0) is 16.0. The summed E-state index contributed by atoms with van der Waals surface area (Å²) in [4.78, 5) is 0.316. The first kappa shape index (κ1) is 14.4. The molecular formula is C19H16O3S. The number of rotatable bonds is 3. The summed E-state index contributed by atoms with van der Waals surface area (Å²) in [5, 5.41) is 2.13. The van der Waals surface area contributed by atoms with E-state index in [4.69, 9.17) is 4.74 Å². The summed E-state index contributed by atoms with van der Waals surface area (Å²) in [6.45, 7) is 1.93. The molecule has 0 radical (unpaired) electrons. The molecule has 116 valence electrons. The van der Waals surface area contributed by atoms with Crippen LogP contribution in [0.2, 0.25) is 0 Å². The highest BCUT2D eigenvalue weighted by Crippen LogP contribution is 2.46. The SMILES string of the molecule is Cc1ccc(S(=O)(=O)[C@@H]2O[C@H]2c2cccc3ccccc23)cc1. The van der Waals surface area contributed by atoms with Crippen molar-refractivity contribution in [2.24, 2.45) is 0 Å². The molecule has 0 aliphatic carbocycles. The van der Waals surface area contributed by atoms with E-state index in [-0.39, 0.29) is 0 Å². The molecule has 1 aliphatic rings. The molecule has 0 N–H and O–H groups in total. The number of epoxide rings is 1. The maximum absolute atomic E-state index is 12.7. The lowest BCUT2D eigenvalue weighted by molar-refractivity contribution is 0.400. The summed E-state index contributed by atoms with van der Waals surface area (Å²) in [5.74, 6) is 0. The van der Waals surface area contributed by atoms with Crippen LogP contribution in [0.15, 0.2) is 71.6 Å². The summed E-state index contributed by atoms with van der Waals surface area (Å²) in [7, 11) is -3.47. The van der Waals surface area contributed by atoms with Gasteiger partial charge in [-0.3, -0.25) is 0 Å². The van der Waals surface area contributed by atoms with E-state index >= 15 is 0 Å². The second kappa shape index (κ2) is 5.18. The van der Waals surface area contributed by atoms with Crippen LogP contribution in [-0.2, 0) is 14.6 Å². The van der Waals surface area contributed by atoms with Gasteiger partial charge in [-0.2, -0.15) is 0 Å². The van der Waals surface area contributed by atoms with Gasteiger partial charge in [0.05, 0.1) is 4.90 Å². The van der Waals surface area contributed by atoms with Crippen molar-refractivity contribution in [3.63, 3.8) is 0 Å². The molecule has 3 aromatic rings. The Morgan fingerprint density at radius 3 is 2.35 bits per heavy atom. The van der Waals surface area contributed by atoms with Gasteiger partial charge in [0, 0.05) is 0 Å². The van der Waals surface area contributed by atoms with E-state index in [0.717, 1.165) is 21.9 Å². The zero-order valence-electron chi connectivity index (χ0n) is 12.6. The number of aryl methyl sites for hydroxylation is 1. The number of ether oxygens (including phenoxy) is 1. The second-order valence-corrected chi connectivity index (χ2v) is 7.88. The fourth-order valence-corrected chi connectivity index (χ4v) is 4.44. The lowest BCUT2D eigenvalue weighted by Gasteiger charge is -2.04. The third-order valence-electron chi connectivity index (χ3n) is 4.24. The van der Waals surface area contributed by atoms with Crippen molar-refractivity contribution in [1.82, 2.24) is 0 Å². The number of hydrogen-bond acceptors (Lipinski definition) is 3. The Morgan fingerprint density at radius 2 is 1.57 bits per heavy atom. The normalized spacial score (nSPS) is 20.6. The van der Waals surface area contributed by atoms with Crippen LogP contribution >= 0.6 is 0 Å². The maximum atomic E-state index is 12.7. The smallest absolute Gasteiger partial charge is 0.208 e. The van der Waals surface area contributed by atoms with E-state index in [1.165, 1.54) is 0 Å². The van der Waals surface area contributed by atoms with Crippen LogP contribution in [0.1, 0.15) is 17.2 Å². The van der Waals surface area contributed by atoms with E-state index in [1.807, 2.05) is 61.5 Å². The molecule has 1 fully saturated rings. The van der Waals surface area contributed by atoms with Gasteiger partial charge >= 0.3 is 0 Å². The maximum Gasteiger partial charge on any atom is 0.208 e. The molecule has 1 heterocycles. The Bertz CT molecular complexity index is 970. The largest absolute Gasteiger partial charge is 0.347 e. The minimum Gasteiger partial charge on any atom is -0.347 e. The molecule has 0 spiro atoms. The molecule has 0 unspecified atom stereocenters. The average molecular weight is 324 g/mol. The minimum atomic E-state index is -3.47. The van der Waals surface area contributed by atoms with E-state index < -0.39 is 21.4 Å². The monoisotopic (exact) mass is 324 g/mol. The Balaban J connectivity index is 1.70. The lowest BCUT2D eigenvalue weighted by Crippen LogP contribution is -2.09. The first-order valence-electron chi connectivity index (χ1n) is 7.51. The predicted molar refractivity (Wildman–Crippen MR) is 89.9 cm³/mol. The summed E-state index contributed by atoms with van der Waals surface area (Å²) in [5.41, 5.74) is 1.17. The topological polar surface area (TPSA) is 46.7 Å². The molecule has 0 amide bonds. The van der Waals surface area contributed by atoms with Gasteiger partial charge in [0.2, 0.25) is 9.84 Å². The van der Waals surface area contributed by atoms with Gasteiger partial charge in [0.1, 0.15) is 6.10 Å². The van der Waals surface area contributed by atoms with Crippen LogP contribution in [0.5, 0.6) is 0 Å². The Hall–Kier alpha value is -2.17. The summed E-state index contributed by atoms with van der Waals surface area (Å²) in [6.07, 6.45) is -0.396. The molecule has 0 bridgehead atoms. The molecular weight excluding hydrogens is 308 g/mol. The first-order valence-corrected chi connectivity index (χ1v) is 9.06. The predicted octanol–water partition coefficient (Wildman–Crippen LogP) is 4.02. The number of hydrogen-bond donors (Lipinski definition) is 0. The van der Waals surface area contributed by atoms with Gasteiger partial charge < -0.3 is 4.74 Å². The molecule has 4 rings (SSSR count). The van der Waals surface area contributed by atoms with Gasteiger partial charge in [-0.1, -0.05) is 60.2 Å². The highest BCUT2D eigenvalue weighted by atomic mass is 32.2. The van der Waals surface area contributed by atoms with Gasteiger partial charge in [0.15, 0.2) is 5.44 Å². The van der Waals surface area contributed by atoms with E-state index in [1.54, 1.807) is 12.1 Å². The van der Waals surface area contributed by atoms with Crippen molar-refractivity contribution in [2.45, 2.75) is 23.4 Å². The molecule has 3 aromatic carbocycles. The van der Waals surface area contributed by atoms with Crippen LogP contribution in [0.3, 0.4) is 0 Å². The van der Waals surface area contributed by atoms with Crippen LogP contribution in [0, 0.1) is 6.92 Å². The average Bonchev–Trinajstić information content (AvgIpc) is 3.36. The van der Waals surface area contributed by atoms with Crippen LogP contribution in [-0.4, -0.2) is 13.9 Å². The van der Waals surface area contributed by atoms with E-state index in [0.29, 0.717) is 4.90 Å². The molecule has 0 aromatic heterocycles. The quantitative estimate of drug-likeness (QED) is 0.684. The van der Waals surface area contributed by atoms with Crippen LogP contribution in [0.25, 0.3) is 10.8 Å². The fraction of sp³-hybridized carbons (Fsp3) is 0.158. The lowest BCUT2D eigenvalue weighted by atomic mass is 10.0. The van der Waals surface area contributed by atoms with Crippen LogP contribution in [0.4, 0.5) is 0 Å². The van der Waals surface area contributed by atoms with Crippen molar-refractivity contribution in [3.8, 4) is 0 Å². The van der Waals surface area contributed by atoms with Gasteiger partial charge in [-0.05, 0) is 35.4 Å². The molecule has 1 aliphatic heterocycles. The van der Waals surface area contributed by atoms with Crippen molar-refractivity contribution in [2.75, 3.05) is 0 Å². The highest BCUT2D eigenvalue weighted by Gasteiger charge is 2.51. The highest BCUT2D eigenvalue weighted by molar-refractivity contribution is 7.92. The molecule has 3 nitrogen and oxygen atoms in total. The number of benzene rings is 3. The van der Waals surface area contributed by atoms with Gasteiger partial charge in [-0.25, -0.2) is 8.42 Å². The minimum absolute atomic E-state index is 0.316. The second-order valence-electron chi connectivity index (χ2n) is 5.85. The van der Waals surface area contributed by atoms with E-state index in [9.17, 15) is 8.42 Å². The van der Waals surface area contributed by atoms with Crippen molar-refractivity contribution in [1.29, 1.82) is 0 Å². The molecule has 23 heavy (non-hydrogen) atoms. The van der Waals surface area contributed by atoms with Crippen molar-refractivity contribution >= 4 is 20.6 Å². The summed E-state index contributed by atoms with van der Waals surface area (Å²) in [6, 6.07) is 20.8. The van der Waals surface area contributed by atoms with Crippen LogP contribution < -0.4 is 0 Å². The molecule has 1 saturated heterocycles. The third kappa shape index (κ3) is 2.44. The van der Waals surface area contributed by atoms with Crippen molar-refractivity contribution in [3.05, 3.63) is 77.9 Å². The Morgan fingerprint density at radius 1 is 0.870 bits per heavy atom. The fourth-order valence-electron chi connectivity index (χ4n) is 2.92. The first-order chi connectivity index (χ1) is 11.1. The summed E-state index contributed by atoms with van der Waals surface area (Å²) < 4.78 is 31.0. The number of sulfone groups is 1. The standard InChI is InChI=1S/C19H16O3S/c1-13-9-11-15(12-10-13)23(20,21)19-18(22-19)17-8-4-6-14-5-2-3-7-16(14)17/h2-12,18-19H,1H3/t18-,19-/m0/s1. The van der Waals surface area contributed by atoms with Gasteiger partial charge in [0.25, 0.3) is 0 Å². The summed E-state index contributed by atoms with van der Waals surface area (Å²) >= 11 is 0. The Labute approximate surface area is 135 Å². The molecule has 0 saturated carbocycles. The third-order valence-corrected chi connectivity index (χ3v) is 6.14. The van der Waals surface area contributed by atoms with Gasteiger partial charge in [-0.15, -0.1) is 0 Å². The van der Waals surface area contributed by atoms with E-state index in [2.05, 4.69) is 0 Å². The zero-order valence-corrected chi connectivity index (χ0v) is 13.5. The molecule has 4 heteroatoms. The Kier molecular flexibility index (Phi) is 3.25. The molecule has 2 atom stereocenters. The van der Waals surface area contributed by atoms with Crippen molar-refractivity contribution < 1.29 is 13.2 Å². The number of fused-ring (bicyclic) bond motifs is 1.